The Hall–Kier alpha value is -2.62. The zero-order valence-corrected chi connectivity index (χ0v) is 15.7. The Morgan fingerprint density at radius 2 is 1.96 bits per heavy atom. The Morgan fingerprint density at radius 3 is 2.54 bits per heavy atom. The van der Waals surface area contributed by atoms with Crippen LogP contribution in [0, 0.1) is 11.8 Å². The molecule has 4 heteroatoms. The van der Waals surface area contributed by atoms with E-state index in [0.29, 0.717) is 23.8 Å². The van der Waals surface area contributed by atoms with E-state index in [1.165, 1.54) is 0 Å². The summed E-state index contributed by atoms with van der Waals surface area (Å²) in [6.07, 6.45) is 6.66. The summed E-state index contributed by atoms with van der Waals surface area (Å²) in [7, 11) is 0. The van der Waals surface area contributed by atoms with Gasteiger partial charge in [-0.15, -0.1) is 0 Å². The van der Waals surface area contributed by atoms with E-state index in [2.05, 4.69) is 20.4 Å². The van der Waals surface area contributed by atoms with Crippen LogP contribution in [0.4, 0.5) is 0 Å². The van der Waals surface area contributed by atoms with Crippen LogP contribution in [-0.4, -0.2) is 18.5 Å². The smallest absolute Gasteiger partial charge is 0.338 e. The maximum Gasteiger partial charge on any atom is 0.338 e. The van der Waals surface area contributed by atoms with Crippen LogP contribution < -0.4 is 0 Å². The molecule has 0 radical (unpaired) electrons. The Bertz CT molecular complexity index is 725. The molecule has 2 atom stereocenters. The molecule has 0 saturated heterocycles. The predicted octanol–water partition coefficient (Wildman–Crippen LogP) is 4.93. The van der Waals surface area contributed by atoms with Crippen molar-refractivity contribution in [2.24, 2.45) is 11.8 Å². The molecular weight excluding hydrogens is 328 g/mol. The van der Waals surface area contributed by atoms with Gasteiger partial charge in [-0.3, -0.25) is 0 Å². The highest BCUT2D eigenvalue weighted by Crippen LogP contribution is 2.31. The molecule has 1 aromatic carbocycles. The predicted molar refractivity (Wildman–Crippen MR) is 102 cm³/mol. The molecule has 0 aliphatic heterocycles. The molecule has 1 aliphatic carbocycles. The minimum absolute atomic E-state index is 0.0964. The summed E-state index contributed by atoms with van der Waals surface area (Å²) < 4.78 is 10.6. The molecule has 1 aromatic rings. The van der Waals surface area contributed by atoms with Gasteiger partial charge in [0.05, 0.1) is 12.2 Å². The molecule has 0 bridgehead atoms. The molecule has 138 valence electrons. The molecular formula is C22H26O4. The Kier molecular flexibility index (Phi) is 6.96. The van der Waals surface area contributed by atoms with Crippen molar-refractivity contribution in [3.63, 3.8) is 0 Å². The molecule has 2 rings (SSSR count). The lowest BCUT2D eigenvalue weighted by molar-refractivity contribution is -0.134. The lowest BCUT2D eigenvalue weighted by Gasteiger charge is -2.21. The SMILES string of the molecule is C=CC(=O)OC1=CC=C(c2ccc(C(=O)OCC(C)CC)cc2)CC1C. The second-order valence-corrected chi connectivity index (χ2v) is 6.68. The number of hydrogen-bond acceptors (Lipinski definition) is 4. The third-order valence-corrected chi connectivity index (χ3v) is 4.53. The highest BCUT2D eigenvalue weighted by molar-refractivity contribution is 5.90. The summed E-state index contributed by atoms with van der Waals surface area (Å²) in [4.78, 5) is 23.4. The number of hydrogen-bond donors (Lipinski definition) is 0. The Balaban J connectivity index is 2.05. The van der Waals surface area contributed by atoms with Crippen molar-refractivity contribution in [2.45, 2.75) is 33.6 Å². The second kappa shape index (κ2) is 9.18. The molecule has 0 amide bonds. The maximum absolute atomic E-state index is 12.1. The average molecular weight is 354 g/mol. The zero-order chi connectivity index (χ0) is 19.1. The second-order valence-electron chi connectivity index (χ2n) is 6.68. The number of allylic oxidation sites excluding steroid dienone is 4. The van der Waals surface area contributed by atoms with E-state index < -0.39 is 5.97 Å². The van der Waals surface area contributed by atoms with Crippen LogP contribution in [0.25, 0.3) is 5.57 Å². The molecule has 4 nitrogen and oxygen atoms in total. The molecule has 0 fully saturated rings. The van der Waals surface area contributed by atoms with Gasteiger partial charge in [-0.2, -0.15) is 0 Å². The summed E-state index contributed by atoms with van der Waals surface area (Å²) in [5.41, 5.74) is 2.73. The van der Waals surface area contributed by atoms with Crippen LogP contribution in [0.1, 0.15) is 49.5 Å². The van der Waals surface area contributed by atoms with E-state index >= 15 is 0 Å². The summed E-state index contributed by atoms with van der Waals surface area (Å²) in [5, 5.41) is 0. The van der Waals surface area contributed by atoms with Gasteiger partial charge in [0.15, 0.2) is 0 Å². The van der Waals surface area contributed by atoms with E-state index in [4.69, 9.17) is 9.47 Å². The minimum atomic E-state index is -0.444. The molecule has 26 heavy (non-hydrogen) atoms. The monoisotopic (exact) mass is 354 g/mol. The zero-order valence-electron chi connectivity index (χ0n) is 15.7. The van der Waals surface area contributed by atoms with E-state index in [-0.39, 0.29) is 11.9 Å². The summed E-state index contributed by atoms with van der Waals surface area (Å²) in [5.74, 6) is 0.368. The molecule has 0 heterocycles. The number of ether oxygens (including phenoxy) is 2. The number of rotatable bonds is 7. The summed E-state index contributed by atoms with van der Waals surface area (Å²) in [6.45, 7) is 9.99. The van der Waals surface area contributed by atoms with E-state index in [1.807, 2.05) is 31.2 Å². The van der Waals surface area contributed by atoms with Crippen LogP contribution in [0.5, 0.6) is 0 Å². The number of benzene rings is 1. The van der Waals surface area contributed by atoms with Gasteiger partial charge in [0.1, 0.15) is 5.76 Å². The number of esters is 2. The van der Waals surface area contributed by atoms with Crippen LogP contribution in [0.15, 0.2) is 54.8 Å². The first-order valence-corrected chi connectivity index (χ1v) is 8.97. The van der Waals surface area contributed by atoms with Gasteiger partial charge in [-0.05, 0) is 41.7 Å². The van der Waals surface area contributed by atoms with Crippen molar-refractivity contribution in [2.75, 3.05) is 6.61 Å². The maximum atomic E-state index is 12.1. The molecule has 0 N–H and O–H groups in total. The lowest BCUT2D eigenvalue weighted by Crippen LogP contribution is -2.12. The van der Waals surface area contributed by atoms with Crippen LogP contribution in [0.3, 0.4) is 0 Å². The Labute approximate surface area is 155 Å². The first kappa shape index (κ1) is 19.7. The standard InChI is InChI=1S/C22H26O4/c1-5-15(3)14-25-22(24)18-9-7-17(8-10-18)19-11-12-20(16(4)13-19)26-21(23)6-2/h6-12,15-16H,2,5,13-14H2,1,3-4H3. The van der Waals surface area contributed by atoms with Gasteiger partial charge in [0, 0.05) is 12.0 Å². The van der Waals surface area contributed by atoms with Crippen LogP contribution in [-0.2, 0) is 14.3 Å². The van der Waals surface area contributed by atoms with Crippen LogP contribution >= 0.6 is 0 Å². The quantitative estimate of drug-likeness (QED) is 0.515. The van der Waals surface area contributed by atoms with Gasteiger partial charge < -0.3 is 9.47 Å². The fourth-order valence-electron chi connectivity index (χ4n) is 2.59. The molecule has 1 aliphatic rings. The van der Waals surface area contributed by atoms with E-state index in [0.717, 1.165) is 30.1 Å². The van der Waals surface area contributed by atoms with Gasteiger partial charge >= 0.3 is 11.9 Å². The van der Waals surface area contributed by atoms with Crippen molar-refractivity contribution in [1.82, 2.24) is 0 Å². The van der Waals surface area contributed by atoms with Gasteiger partial charge in [-0.1, -0.05) is 52.0 Å². The van der Waals surface area contributed by atoms with Crippen molar-refractivity contribution >= 4 is 17.5 Å². The van der Waals surface area contributed by atoms with Gasteiger partial charge in [0.2, 0.25) is 0 Å². The third-order valence-electron chi connectivity index (χ3n) is 4.53. The van der Waals surface area contributed by atoms with E-state index in [9.17, 15) is 9.59 Å². The van der Waals surface area contributed by atoms with Gasteiger partial charge in [-0.25, -0.2) is 9.59 Å². The average Bonchev–Trinajstić information content (AvgIpc) is 2.67. The summed E-state index contributed by atoms with van der Waals surface area (Å²) >= 11 is 0. The van der Waals surface area contributed by atoms with Crippen molar-refractivity contribution in [3.05, 3.63) is 66.0 Å². The first-order valence-electron chi connectivity index (χ1n) is 8.97. The number of carbonyl (C=O) groups is 2. The van der Waals surface area contributed by atoms with Crippen LogP contribution in [0.2, 0.25) is 0 Å². The Morgan fingerprint density at radius 1 is 1.27 bits per heavy atom. The first-order chi connectivity index (χ1) is 12.4. The minimum Gasteiger partial charge on any atom is -0.462 e. The number of carbonyl (C=O) groups excluding carboxylic acids is 2. The third kappa shape index (κ3) is 5.19. The van der Waals surface area contributed by atoms with Gasteiger partial charge in [0.25, 0.3) is 0 Å². The van der Waals surface area contributed by atoms with Crippen molar-refractivity contribution in [3.8, 4) is 0 Å². The fraction of sp³-hybridized carbons (Fsp3) is 0.364. The highest BCUT2D eigenvalue weighted by Gasteiger charge is 2.19. The molecule has 0 aromatic heterocycles. The topological polar surface area (TPSA) is 52.6 Å². The molecule has 2 unspecified atom stereocenters. The highest BCUT2D eigenvalue weighted by atomic mass is 16.5. The molecule has 0 saturated carbocycles. The normalized spacial score (nSPS) is 17.6. The van der Waals surface area contributed by atoms with E-state index in [1.54, 1.807) is 12.1 Å². The van der Waals surface area contributed by atoms with Crippen molar-refractivity contribution < 1.29 is 19.1 Å². The van der Waals surface area contributed by atoms with Crippen molar-refractivity contribution in [1.29, 1.82) is 0 Å². The lowest BCUT2D eigenvalue weighted by atomic mass is 9.89. The fourth-order valence-corrected chi connectivity index (χ4v) is 2.59. The summed E-state index contributed by atoms with van der Waals surface area (Å²) in [6, 6.07) is 7.42. The molecule has 0 spiro atoms. The largest absolute Gasteiger partial charge is 0.462 e.